The Morgan fingerprint density at radius 1 is 1.35 bits per heavy atom. The van der Waals surface area contributed by atoms with E-state index < -0.39 is 11.9 Å². The number of benzene rings is 1. The highest BCUT2D eigenvalue weighted by molar-refractivity contribution is 5.99. The van der Waals surface area contributed by atoms with E-state index in [2.05, 4.69) is 5.32 Å². The standard InChI is InChI=1S/C17H22N2O4/c1-3-4-13(17(22)23)10-18-16(21)12-5-7-14-11(9-12)6-8-15(20)19(14)2/h5,7,9,13H,3-4,6,8,10H2,1-2H3,(H,18,21)(H,22,23). The molecule has 0 aromatic heterocycles. The predicted octanol–water partition coefficient (Wildman–Crippen LogP) is 1.83. The number of carbonyl (C=O) groups excluding carboxylic acids is 2. The zero-order valence-electron chi connectivity index (χ0n) is 13.5. The number of hydrogen-bond acceptors (Lipinski definition) is 3. The minimum Gasteiger partial charge on any atom is -0.481 e. The van der Waals surface area contributed by atoms with Crippen LogP contribution in [0.2, 0.25) is 0 Å². The van der Waals surface area contributed by atoms with E-state index in [0.717, 1.165) is 17.7 Å². The Bertz CT molecular complexity index is 627. The van der Waals surface area contributed by atoms with Gasteiger partial charge in [0.05, 0.1) is 5.92 Å². The first-order valence-corrected chi connectivity index (χ1v) is 7.84. The van der Waals surface area contributed by atoms with Gasteiger partial charge in [-0.3, -0.25) is 14.4 Å². The van der Waals surface area contributed by atoms with Gasteiger partial charge in [-0.1, -0.05) is 13.3 Å². The number of fused-ring (bicyclic) bond motifs is 1. The number of nitrogens with zero attached hydrogens (tertiary/aromatic N) is 1. The number of aryl methyl sites for hydroxylation is 1. The summed E-state index contributed by atoms with van der Waals surface area (Å²) in [5.41, 5.74) is 2.28. The number of hydrogen-bond donors (Lipinski definition) is 2. The summed E-state index contributed by atoms with van der Waals surface area (Å²) >= 11 is 0. The number of carboxylic acid groups (broad SMARTS) is 1. The van der Waals surface area contributed by atoms with Crippen molar-refractivity contribution in [2.75, 3.05) is 18.5 Å². The molecule has 1 unspecified atom stereocenters. The summed E-state index contributed by atoms with van der Waals surface area (Å²) < 4.78 is 0. The molecule has 6 heteroatoms. The Balaban J connectivity index is 2.06. The van der Waals surface area contributed by atoms with Gasteiger partial charge in [-0.2, -0.15) is 0 Å². The van der Waals surface area contributed by atoms with Gasteiger partial charge < -0.3 is 15.3 Å². The molecule has 23 heavy (non-hydrogen) atoms. The summed E-state index contributed by atoms with van der Waals surface area (Å²) in [6.45, 7) is 2.04. The monoisotopic (exact) mass is 318 g/mol. The number of nitrogens with one attached hydrogen (secondary N) is 1. The van der Waals surface area contributed by atoms with Crippen LogP contribution in [0.15, 0.2) is 18.2 Å². The summed E-state index contributed by atoms with van der Waals surface area (Å²) in [6, 6.07) is 5.21. The quantitative estimate of drug-likeness (QED) is 0.837. The highest BCUT2D eigenvalue weighted by atomic mass is 16.4. The molecule has 0 spiro atoms. The van der Waals surface area contributed by atoms with Crippen molar-refractivity contribution in [1.29, 1.82) is 0 Å². The lowest BCUT2D eigenvalue weighted by molar-refractivity contribution is -0.141. The molecule has 0 saturated carbocycles. The van der Waals surface area contributed by atoms with Crippen LogP contribution >= 0.6 is 0 Å². The van der Waals surface area contributed by atoms with Gasteiger partial charge in [0.1, 0.15) is 0 Å². The third-order valence-corrected chi connectivity index (χ3v) is 4.18. The van der Waals surface area contributed by atoms with E-state index in [4.69, 9.17) is 5.11 Å². The van der Waals surface area contributed by atoms with Crippen LogP contribution in [0.3, 0.4) is 0 Å². The molecule has 1 aliphatic heterocycles. The van der Waals surface area contributed by atoms with Crippen LogP contribution in [0.4, 0.5) is 5.69 Å². The average molecular weight is 318 g/mol. The van der Waals surface area contributed by atoms with Gasteiger partial charge in [0.2, 0.25) is 5.91 Å². The number of rotatable bonds is 6. The van der Waals surface area contributed by atoms with Crippen LogP contribution in [-0.2, 0) is 16.0 Å². The molecule has 1 aromatic carbocycles. The van der Waals surface area contributed by atoms with Crippen molar-refractivity contribution in [3.63, 3.8) is 0 Å². The largest absolute Gasteiger partial charge is 0.481 e. The van der Waals surface area contributed by atoms with Gasteiger partial charge in [-0.05, 0) is 36.6 Å². The third kappa shape index (κ3) is 3.88. The molecule has 124 valence electrons. The number of amides is 2. The van der Waals surface area contributed by atoms with E-state index in [1.165, 1.54) is 0 Å². The average Bonchev–Trinajstić information content (AvgIpc) is 2.54. The Hall–Kier alpha value is -2.37. The van der Waals surface area contributed by atoms with Crippen molar-refractivity contribution in [2.24, 2.45) is 5.92 Å². The molecule has 0 radical (unpaired) electrons. The van der Waals surface area contributed by atoms with Crippen molar-refractivity contribution in [2.45, 2.75) is 32.6 Å². The van der Waals surface area contributed by atoms with E-state index in [1.807, 2.05) is 6.92 Å². The summed E-state index contributed by atoms with van der Waals surface area (Å²) in [5, 5.41) is 11.8. The first-order valence-electron chi connectivity index (χ1n) is 7.84. The third-order valence-electron chi connectivity index (χ3n) is 4.18. The van der Waals surface area contributed by atoms with E-state index in [0.29, 0.717) is 24.8 Å². The zero-order valence-corrected chi connectivity index (χ0v) is 13.5. The van der Waals surface area contributed by atoms with Gasteiger partial charge in [0.15, 0.2) is 0 Å². The molecule has 2 N–H and O–H groups in total. The van der Waals surface area contributed by atoms with E-state index in [1.54, 1.807) is 30.1 Å². The first-order chi connectivity index (χ1) is 10.9. The summed E-state index contributed by atoms with van der Waals surface area (Å²) in [4.78, 5) is 36.6. The smallest absolute Gasteiger partial charge is 0.308 e. The maximum Gasteiger partial charge on any atom is 0.308 e. The zero-order chi connectivity index (χ0) is 17.0. The highest BCUT2D eigenvalue weighted by Crippen LogP contribution is 2.27. The molecule has 6 nitrogen and oxygen atoms in total. The van der Waals surface area contributed by atoms with Crippen LogP contribution in [0, 0.1) is 5.92 Å². The fourth-order valence-corrected chi connectivity index (χ4v) is 2.78. The van der Waals surface area contributed by atoms with Gasteiger partial charge in [-0.15, -0.1) is 0 Å². The maximum absolute atomic E-state index is 12.2. The molecule has 1 heterocycles. The molecular weight excluding hydrogens is 296 g/mol. The maximum atomic E-state index is 12.2. The Labute approximate surface area is 135 Å². The number of aliphatic carboxylic acids is 1. The molecule has 0 saturated heterocycles. The molecule has 2 amide bonds. The van der Waals surface area contributed by atoms with Crippen LogP contribution in [0.1, 0.15) is 42.1 Å². The lowest BCUT2D eigenvalue weighted by atomic mass is 9.98. The number of carbonyl (C=O) groups is 3. The minimum atomic E-state index is -0.891. The Morgan fingerprint density at radius 3 is 2.74 bits per heavy atom. The number of carboxylic acids is 1. The predicted molar refractivity (Wildman–Crippen MR) is 86.5 cm³/mol. The summed E-state index contributed by atoms with van der Waals surface area (Å²) in [7, 11) is 1.72. The minimum absolute atomic E-state index is 0.0681. The fraction of sp³-hybridized carbons (Fsp3) is 0.471. The van der Waals surface area contributed by atoms with Gasteiger partial charge in [-0.25, -0.2) is 0 Å². The van der Waals surface area contributed by atoms with Crippen molar-refractivity contribution in [3.8, 4) is 0 Å². The van der Waals surface area contributed by atoms with Crippen LogP contribution in [0.25, 0.3) is 0 Å². The molecule has 1 aromatic rings. The molecule has 0 aliphatic carbocycles. The van der Waals surface area contributed by atoms with Gasteiger partial charge in [0.25, 0.3) is 5.91 Å². The van der Waals surface area contributed by atoms with Gasteiger partial charge >= 0.3 is 5.97 Å². The summed E-state index contributed by atoms with van der Waals surface area (Å²) in [5.74, 6) is -1.67. The molecule has 1 aliphatic rings. The summed E-state index contributed by atoms with van der Waals surface area (Å²) in [6.07, 6.45) is 2.35. The highest BCUT2D eigenvalue weighted by Gasteiger charge is 2.22. The SMILES string of the molecule is CCCC(CNC(=O)c1ccc2c(c1)CCC(=O)N2C)C(=O)O. The van der Waals surface area contributed by atoms with Crippen LogP contribution in [-0.4, -0.2) is 36.5 Å². The van der Waals surface area contributed by atoms with Crippen molar-refractivity contribution < 1.29 is 19.5 Å². The topological polar surface area (TPSA) is 86.7 Å². The lowest BCUT2D eigenvalue weighted by Gasteiger charge is -2.26. The Morgan fingerprint density at radius 2 is 2.09 bits per heavy atom. The molecule has 1 atom stereocenters. The second kappa shape index (κ2) is 7.26. The van der Waals surface area contributed by atoms with Crippen LogP contribution < -0.4 is 10.2 Å². The van der Waals surface area contributed by atoms with Crippen LogP contribution in [0.5, 0.6) is 0 Å². The van der Waals surface area contributed by atoms with E-state index >= 15 is 0 Å². The van der Waals surface area contributed by atoms with E-state index in [9.17, 15) is 14.4 Å². The van der Waals surface area contributed by atoms with Gasteiger partial charge in [0, 0.05) is 31.3 Å². The van der Waals surface area contributed by atoms with Crippen molar-refractivity contribution in [3.05, 3.63) is 29.3 Å². The molecule has 0 fully saturated rings. The number of anilines is 1. The Kier molecular flexibility index (Phi) is 5.36. The fourth-order valence-electron chi connectivity index (χ4n) is 2.78. The second-order valence-corrected chi connectivity index (χ2v) is 5.83. The lowest BCUT2D eigenvalue weighted by Crippen LogP contribution is -2.34. The first kappa shape index (κ1) is 17.0. The molecule has 2 rings (SSSR count). The van der Waals surface area contributed by atoms with E-state index in [-0.39, 0.29) is 18.4 Å². The van der Waals surface area contributed by atoms with Crippen molar-refractivity contribution in [1.82, 2.24) is 5.32 Å². The molecular formula is C17H22N2O4. The molecule has 0 bridgehead atoms. The second-order valence-electron chi connectivity index (χ2n) is 5.83. The van der Waals surface area contributed by atoms with Crippen molar-refractivity contribution >= 4 is 23.5 Å². The normalized spacial score (nSPS) is 15.0.